The van der Waals surface area contributed by atoms with Crippen LogP contribution in [0.25, 0.3) is 0 Å². The third-order valence-corrected chi connectivity index (χ3v) is 2.26. The average molecular weight is 206 g/mol. The number of esters is 1. The van der Waals surface area contributed by atoms with Crippen molar-refractivity contribution in [2.75, 3.05) is 19.4 Å². The molecule has 0 amide bonds. The van der Waals surface area contributed by atoms with Gasteiger partial charge in [-0.2, -0.15) is 0 Å². The van der Waals surface area contributed by atoms with E-state index in [4.69, 9.17) is 9.63 Å². The molecule has 0 aromatic heterocycles. The first-order valence-electron chi connectivity index (χ1n) is 3.90. The van der Waals surface area contributed by atoms with E-state index in [2.05, 4.69) is 6.58 Å². The lowest BCUT2D eigenvalue weighted by Gasteiger charge is -2.05. The molecule has 0 radical (unpaired) electrons. The van der Waals surface area contributed by atoms with Crippen LogP contribution < -0.4 is 0 Å². The van der Waals surface area contributed by atoms with Gasteiger partial charge in [0, 0.05) is 12.8 Å². The molecule has 0 aliphatic heterocycles. The zero-order valence-corrected chi connectivity index (χ0v) is 8.84. The maximum absolute atomic E-state index is 10.9. The van der Waals surface area contributed by atoms with Crippen LogP contribution in [0.3, 0.4) is 0 Å². The summed E-state index contributed by atoms with van der Waals surface area (Å²) in [5.74, 6) is -0.459. The van der Waals surface area contributed by atoms with Gasteiger partial charge in [-0.1, -0.05) is 6.58 Å². The van der Waals surface area contributed by atoms with E-state index in [1.54, 1.807) is 6.92 Å². The van der Waals surface area contributed by atoms with Gasteiger partial charge in [-0.15, -0.1) is 0 Å². The molecule has 0 bridgehead atoms. The second kappa shape index (κ2) is 5.20. The predicted molar refractivity (Wildman–Crippen MR) is 51.0 cm³/mol. The van der Waals surface area contributed by atoms with Gasteiger partial charge in [0.15, 0.2) is 7.37 Å². The van der Waals surface area contributed by atoms with Crippen molar-refractivity contribution in [2.45, 2.75) is 13.3 Å². The summed E-state index contributed by atoms with van der Waals surface area (Å²) in [7, 11) is -3.09. The molecule has 0 saturated heterocycles. The first kappa shape index (κ1) is 12.4. The summed E-state index contributed by atoms with van der Waals surface area (Å²) >= 11 is 0. The Labute approximate surface area is 78.0 Å². The van der Waals surface area contributed by atoms with Gasteiger partial charge in [-0.25, -0.2) is 0 Å². The lowest BCUT2D eigenvalue weighted by atomic mass is 10.4. The first-order chi connectivity index (χ1) is 5.81. The van der Waals surface area contributed by atoms with E-state index < -0.39 is 13.3 Å². The Morgan fingerprint density at radius 1 is 1.62 bits per heavy atom. The van der Waals surface area contributed by atoms with Crippen LogP contribution in [0, 0.1) is 0 Å². The molecule has 13 heavy (non-hydrogen) atoms. The second-order valence-corrected chi connectivity index (χ2v) is 5.69. The number of hydrogen-bond donors (Lipinski definition) is 1. The van der Waals surface area contributed by atoms with Gasteiger partial charge < -0.3 is 9.63 Å². The Bertz CT molecular complexity index is 241. The van der Waals surface area contributed by atoms with Crippen molar-refractivity contribution in [2.24, 2.45) is 0 Å². The van der Waals surface area contributed by atoms with Crippen LogP contribution in [0.2, 0.25) is 0 Å². The van der Waals surface area contributed by atoms with Gasteiger partial charge in [0.2, 0.25) is 0 Å². The third kappa shape index (κ3) is 9.31. The molecule has 0 spiro atoms. The number of rotatable bonds is 5. The van der Waals surface area contributed by atoms with Crippen LogP contribution in [0.5, 0.6) is 0 Å². The van der Waals surface area contributed by atoms with Crippen LogP contribution in [0.15, 0.2) is 12.2 Å². The van der Waals surface area contributed by atoms with E-state index in [-0.39, 0.29) is 19.2 Å². The van der Waals surface area contributed by atoms with Gasteiger partial charge in [0.05, 0.1) is 6.42 Å². The standard InChI is InChI=1S/C8H15O4P/c1-7(2)6-12-8(9)4-5-13(3,10)11/h1,4-6H2,2-3H3,(H,10,11). The molecule has 76 valence electrons. The van der Waals surface area contributed by atoms with Crippen LogP contribution in [-0.2, 0) is 14.1 Å². The lowest BCUT2D eigenvalue weighted by molar-refractivity contribution is -0.142. The summed E-state index contributed by atoms with van der Waals surface area (Å²) in [5, 5.41) is 0. The fourth-order valence-corrected chi connectivity index (χ4v) is 1.17. The number of hydrogen-bond acceptors (Lipinski definition) is 3. The summed E-state index contributed by atoms with van der Waals surface area (Å²) < 4.78 is 15.5. The molecule has 4 nitrogen and oxygen atoms in total. The monoisotopic (exact) mass is 206 g/mol. The third-order valence-electron chi connectivity index (χ3n) is 1.21. The summed E-state index contributed by atoms with van der Waals surface area (Å²) in [6.07, 6.45) is -0.0421. The molecule has 0 saturated carbocycles. The van der Waals surface area contributed by atoms with Gasteiger partial charge in [-0.05, 0) is 12.5 Å². The Morgan fingerprint density at radius 2 is 2.15 bits per heavy atom. The van der Waals surface area contributed by atoms with E-state index in [0.29, 0.717) is 0 Å². The molecular formula is C8H15O4P. The van der Waals surface area contributed by atoms with Crippen LogP contribution in [-0.4, -0.2) is 30.3 Å². The maximum atomic E-state index is 10.9. The minimum atomic E-state index is -3.09. The Kier molecular flexibility index (Phi) is 4.96. The summed E-state index contributed by atoms with van der Waals surface area (Å²) in [6.45, 7) is 6.69. The Hall–Kier alpha value is -0.600. The van der Waals surface area contributed by atoms with Crippen molar-refractivity contribution < 1.29 is 19.0 Å². The zero-order chi connectivity index (χ0) is 10.5. The summed E-state index contributed by atoms with van der Waals surface area (Å²) in [5.41, 5.74) is 0.747. The van der Waals surface area contributed by atoms with Crippen molar-refractivity contribution in [1.29, 1.82) is 0 Å². The highest BCUT2D eigenvalue weighted by molar-refractivity contribution is 7.57. The van der Waals surface area contributed by atoms with Crippen LogP contribution in [0.4, 0.5) is 0 Å². The van der Waals surface area contributed by atoms with Crippen molar-refractivity contribution in [3.05, 3.63) is 12.2 Å². The van der Waals surface area contributed by atoms with E-state index >= 15 is 0 Å². The Morgan fingerprint density at radius 3 is 2.54 bits per heavy atom. The van der Waals surface area contributed by atoms with Crippen molar-refractivity contribution >= 4 is 13.3 Å². The molecule has 0 fully saturated rings. The van der Waals surface area contributed by atoms with E-state index in [9.17, 15) is 9.36 Å². The molecular weight excluding hydrogens is 191 g/mol. The molecule has 1 unspecified atom stereocenters. The highest BCUT2D eigenvalue weighted by Crippen LogP contribution is 2.35. The average Bonchev–Trinajstić information content (AvgIpc) is 1.95. The molecule has 1 atom stereocenters. The van der Waals surface area contributed by atoms with Gasteiger partial charge in [0.25, 0.3) is 0 Å². The second-order valence-electron chi connectivity index (χ2n) is 3.14. The zero-order valence-electron chi connectivity index (χ0n) is 7.95. The molecule has 0 aliphatic rings. The first-order valence-corrected chi connectivity index (χ1v) is 6.20. The molecule has 0 aromatic rings. The van der Waals surface area contributed by atoms with Crippen LogP contribution >= 0.6 is 7.37 Å². The number of carbonyl (C=O) groups is 1. The number of carbonyl (C=O) groups excluding carboxylic acids is 1. The number of ether oxygens (including phenoxy) is 1. The molecule has 0 heterocycles. The maximum Gasteiger partial charge on any atom is 0.306 e. The lowest BCUT2D eigenvalue weighted by Crippen LogP contribution is -2.08. The quantitative estimate of drug-likeness (QED) is 0.419. The SMILES string of the molecule is C=C(C)COC(=O)CCP(C)(=O)O. The molecule has 0 aliphatic carbocycles. The van der Waals surface area contributed by atoms with E-state index in [1.165, 1.54) is 6.66 Å². The van der Waals surface area contributed by atoms with Gasteiger partial charge in [-0.3, -0.25) is 9.36 Å². The predicted octanol–water partition coefficient (Wildman–Crippen LogP) is 1.40. The van der Waals surface area contributed by atoms with Gasteiger partial charge in [0.1, 0.15) is 6.61 Å². The fourth-order valence-electron chi connectivity index (χ4n) is 0.575. The highest BCUT2D eigenvalue weighted by atomic mass is 31.2. The van der Waals surface area contributed by atoms with E-state index in [0.717, 1.165) is 5.57 Å². The molecule has 0 rings (SSSR count). The Balaban J connectivity index is 3.65. The molecule has 5 heteroatoms. The normalized spacial score (nSPS) is 14.7. The highest BCUT2D eigenvalue weighted by Gasteiger charge is 2.13. The van der Waals surface area contributed by atoms with Crippen molar-refractivity contribution in [3.63, 3.8) is 0 Å². The fraction of sp³-hybridized carbons (Fsp3) is 0.625. The smallest absolute Gasteiger partial charge is 0.306 e. The minimum Gasteiger partial charge on any atom is -0.461 e. The topological polar surface area (TPSA) is 63.6 Å². The van der Waals surface area contributed by atoms with Gasteiger partial charge >= 0.3 is 5.97 Å². The summed E-state index contributed by atoms with van der Waals surface area (Å²) in [4.78, 5) is 19.8. The summed E-state index contributed by atoms with van der Waals surface area (Å²) in [6, 6.07) is 0. The van der Waals surface area contributed by atoms with Crippen molar-refractivity contribution in [3.8, 4) is 0 Å². The minimum absolute atomic E-state index is 0.0163. The van der Waals surface area contributed by atoms with E-state index in [1.807, 2.05) is 0 Å². The largest absolute Gasteiger partial charge is 0.461 e. The molecule has 0 aromatic carbocycles. The van der Waals surface area contributed by atoms with Crippen molar-refractivity contribution in [1.82, 2.24) is 0 Å². The molecule has 1 N–H and O–H groups in total. The van der Waals surface area contributed by atoms with Crippen LogP contribution in [0.1, 0.15) is 13.3 Å².